The van der Waals surface area contributed by atoms with Crippen LogP contribution in [0.4, 0.5) is 5.69 Å². The quantitative estimate of drug-likeness (QED) is 0.308. The van der Waals surface area contributed by atoms with E-state index in [1.807, 2.05) is 0 Å². The molecule has 0 fully saturated rings. The number of nitro benzene ring substituents is 1. The molecule has 136 valence electrons. The second-order valence-electron chi connectivity index (χ2n) is 5.36. The van der Waals surface area contributed by atoms with Gasteiger partial charge in [-0.1, -0.05) is 12.1 Å². The Hall–Kier alpha value is -4.01. The molecular weight excluding hydrogens is 354 g/mol. The molecule has 0 bridgehead atoms. The van der Waals surface area contributed by atoms with E-state index in [0.717, 1.165) is 6.07 Å². The molecule has 1 heterocycles. The summed E-state index contributed by atoms with van der Waals surface area (Å²) < 4.78 is 10.4. The first-order valence-electron chi connectivity index (χ1n) is 7.75. The lowest BCUT2D eigenvalue weighted by Crippen LogP contribution is -2.24. The fourth-order valence-electron chi connectivity index (χ4n) is 2.24. The standard InChI is InChI=1S/C18H13N3O6/c22-17(20-19-10-12-5-7-13(8-6-12)21(24)25)11-26-16-9-18(23)27-15-4-2-1-3-14(15)16/h1-10H,11H2,(H,20,22). The Kier molecular flexibility index (Phi) is 5.22. The molecule has 27 heavy (non-hydrogen) atoms. The number of nitrogens with zero attached hydrogens (tertiary/aromatic N) is 2. The Balaban J connectivity index is 1.59. The van der Waals surface area contributed by atoms with Gasteiger partial charge in [-0.2, -0.15) is 5.10 Å². The summed E-state index contributed by atoms with van der Waals surface area (Å²) in [7, 11) is 0. The number of hydrazone groups is 1. The zero-order valence-electron chi connectivity index (χ0n) is 13.8. The van der Waals surface area contributed by atoms with Gasteiger partial charge in [-0.05, 0) is 29.8 Å². The summed E-state index contributed by atoms with van der Waals surface area (Å²) >= 11 is 0. The summed E-state index contributed by atoms with van der Waals surface area (Å²) in [5.74, 6) is -0.304. The Labute approximate surface area is 152 Å². The zero-order valence-corrected chi connectivity index (χ0v) is 13.8. The summed E-state index contributed by atoms with van der Waals surface area (Å²) in [5.41, 5.74) is 2.59. The molecule has 1 N–H and O–H groups in total. The number of rotatable bonds is 6. The number of fused-ring (bicyclic) bond motifs is 1. The minimum Gasteiger partial charge on any atom is -0.483 e. The van der Waals surface area contributed by atoms with Crippen LogP contribution in [0.5, 0.6) is 5.75 Å². The van der Waals surface area contributed by atoms with E-state index in [2.05, 4.69) is 10.5 Å². The molecule has 3 rings (SSSR count). The van der Waals surface area contributed by atoms with Crippen LogP contribution in [0.3, 0.4) is 0 Å². The highest BCUT2D eigenvalue weighted by molar-refractivity contribution is 5.85. The molecule has 0 atom stereocenters. The van der Waals surface area contributed by atoms with Crippen molar-refractivity contribution in [3.05, 3.63) is 80.7 Å². The van der Waals surface area contributed by atoms with E-state index in [9.17, 15) is 19.7 Å². The second-order valence-corrected chi connectivity index (χ2v) is 5.36. The average Bonchev–Trinajstić information content (AvgIpc) is 2.66. The van der Waals surface area contributed by atoms with Crippen LogP contribution in [-0.2, 0) is 4.79 Å². The maximum absolute atomic E-state index is 11.8. The number of carbonyl (C=O) groups is 1. The van der Waals surface area contributed by atoms with E-state index < -0.39 is 16.5 Å². The highest BCUT2D eigenvalue weighted by atomic mass is 16.6. The van der Waals surface area contributed by atoms with Crippen molar-refractivity contribution in [3.63, 3.8) is 0 Å². The zero-order chi connectivity index (χ0) is 19.2. The number of carbonyl (C=O) groups excluding carboxylic acids is 1. The molecule has 1 aromatic heterocycles. The van der Waals surface area contributed by atoms with Gasteiger partial charge in [0.2, 0.25) is 0 Å². The molecule has 1 amide bonds. The van der Waals surface area contributed by atoms with Crippen LogP contribution < -0.4 is 15.8 Å². The molecule has 0 aliphatic rings. The molecule has 2 aromatic carbocycles. The van der Waals surface area contributed by atoms with E-state index in [1.165, 1.54) is 30.5 Å². The topological polar surface area (TPSA) is 124 Å². The van der Waals surface area contributed by atoms with Gasteiger partial charge >= 0.3 is 5.63 Å². The Morgan fingerprint density at radius 1 is 1.22 bits per heavy atom. The minimum atomic E-state index is -0.583. The number of nitro groups is 1. The number of para-hydroxylation sites is 1. The van der Waals surface area contributed by atoms with Gasteiger partial charge in [0.25, 0.3) is 11.6 Å². The van der Waals surface area contributed by atoms with Gasteiger partial charge in [-0.3, -0.25) is 14.9 Å². The number of non-ortho nitro benzene ring substituents is 1. The van der Waals surface area contributed by atoms with Gasteiger partial charge < -0.3 is 9.15 Å². The minimum absolute atomic E-state index is 0.0378. The summed E-state index contributed by atoms with van der Waals surface area (Å²) in [4.78, 5) is 33.4. The van der Waals surface area contributed by atoms with Crippen LogP contribution in [0.25, 0.3) is 11.0 Å². The highest BCUT2D eigenvalue weighted by Crippen LogP contribution is 2.22. The summed E-state index contributed by atoms with van der Waals surface area (Å²) in [5, 5.41) is 14.9. The average molecular weight is 367 g/mol. The predicted molar refractivity (Wildman–Crippen MR) is 96.8 cm³/mol. The molecule has 3 aromatic rings. The van der Waals surface area contributed by atoms with Gasteiger partial charge in [-0.15, -0.1) is 0 Å². The molecular formula is C18H13N3O6. The van der Waals surface area contributed by atoms with Crippen LogP contribution in [0.1, 0.15) is 5.56 Å². The van der Waals surface area contributed by atoms with Gasteiger partial charge in [-0.25, -0.2) is 10.2 Å². The summed E-state index contributed by atoms with van der Waals surface area (Å²) in [6.45, 7) is -0.356. The maximum Gasteiger partial charge on any atom is 0.339 e. The molecule has 0 aliphatic heterocycles. The normalized spacial score (nSPS) is 10.8. The van der Waals surface area contributed by atoms with E-state index in [-0.39, 0.29) is 18.0 Å². The van der Waals surface area contributed by atoms with Crippen LogP contribution >= 0.6 is 0 Å². The number of nitrogens with one attached hydrogen (secondary N) is 1. The van der Waals surface area contributed by atoms with Crippen molar-refractivity contribution >= 4 is 28.8 Å². The third kappa shape index (κ3) is 4.54. The van der Waals surface area contributed by atoms with E-state index in [4.69, 9.17) is 9.15 Å². The third-order valence-electron chi connectivity index (χ3n) is 3.48. The first-order valence-corrected chi connectivity index (χ1v) is 7.75. The Bertz CT molecular complexity index is 1070. The molecule has 0 unspecified atom stereocenters. The second kappa shape index (κ2) is 7.91. The number of ether oxygens (including phenoxy) is 1. The molecule has 0 radical (unpaired) electrons. The number of benzene rings is 2. The first-order chi connectivity index (χ1) is 13.0. The number of hydrogen-bond donors (Lipinski definition) is 1. The van der Waals surface area contributed by atoms with Crippen LogP contribution in [-0.4, -0.2) is 23.7 Å². The lowest BCUT2D eigenvalue weighted by atomic mass is 10.2. The lowest BCUT2D eigenvalue weighted by molar-refractivity contribution is -0.384. The number of hydrogen-bond acceptors (Lipinski definition) is 7. The first kappa shape index (κ1) is 17.8. The van der Waals surface area contributed by atoms with Crippen LogP contribution in [0.15, 0.2) is 68.9 Å². The van der Waals surface area contributed by atoms with Gasteiger partial charge in [0.05, 0.1) is 22.6 Å². The van der Waals surface area contributed by atoms with Crippen molar-refractivity contribution < 1.29 is 18.9 Å². The summed E-state index contributed by atoms with van der Waals surface area (Å²) in [6.07, 6.45) is 1.34. The van der Waals surface area contributed by atoms with Crippen molar-refractivity contribution in [2.24, 2.45) is 5.10 Å². The van der Waals surface area contributed by atoms with Gasteiger partial charge in [0.15, 0.2) is 6.61 Å². The van der Waals surface area contributed by atoms with Crippen molar-refractivity contribution in [1.82, 2.24) is 5.43 Å². The Morgan fingerprint density at radius 2 is 1.96 bits per heavy atom. The SMILES string of the molecule is O=C(COc1cc(=O)oc2ccccc12)NN=Cc1ccc([N+](=O)[O-])cc1. The highest BCUT2D eigenvalue weighted by Gasteiger charge is 2.08. The summed E-state index contributed by atoms with van der Waals surface area (Å²) in [6, 6.07) is 13.6. The molecule has 9 heteroatoms. The van der Waals surface area contributed by atoms with E-state index in [1.54, 1.807) is 24.3 Å². The van der Waals surface area contributed by atoms with Crippen LogP contribution in [0.2, 0.25) is 0 Å². The fraction of sp³-hybridized carbons (Fsp3) is 0.0556. The molecule has 0 aliphatic carbocycles. The lowest BCUT2D eigenvalue weighted by Gasteiger charge is -2.07. The smallest absolute Gasteiger partial charge is 0.339 e. The molecule has 9 nitrogen and oxygen atoms in total. The van der Waals surface area contributed by atoms with Crippen molar-refractivity contribution in [2.45, 2.75) is 0 Å². The van der Waals surface area contributed by atoms with Crippen molar-refractivity contribution in [1.29, 1.82) is 0 Å². The monoisotopic (exact) mass is 367 g/mol. The van der Waals surface area contributed by atoms with Crippen molar-refractivity contribution in [2.75, 3.05) is 6.61 Å². The largest absolute Gasteiger partial charge is 0.483 e. The number of amides is 1. The van der Waals surface area contributed by atoms with Crippen molar-refractivity contribution in [3.8, 4) is 5.75 Å². The maximum atomic E-state index is 11.8. The van der Waals surface area contributed by atoms with E-state index >= 15 is 0 Å². The molecule has 0 saturated carbocycles. The van der Waals surface area contributed by atoms with Gasteiger partial charge in [0, 0.05) is 12.1 Å². The molecule has 0 spiro atoms. The van der Waals surface area contributed by atoms with E-state index in [0.29, 0.717) is 16.5 Å². The fourth-order valence-corrected chi connectivity index (χ4v) is 2.24. The van der Waals surface area contributed by atoms with Crippen LogP contribution in [0, 0.1) is 10.1 Å². The Morgan fingerprint density at radius 3 is 2.70 bits per heavy atom. The third-order valence-corrected chi connectivity index (χ3v) is 3.48. The molecule has 0 saturated heterocycles. The van der Waals surface area contributed by atoms with Gasteiger partial charge in [0.1, 0.15) is 11.3 Å². The predicted octanol–water partition coefficient (Wildman–Crippen LogP) is 2.23.